The fourth-order valence-corrected chi connectivity index (χ4v) is 4.41. The second-order valence-electron chi connectivity index (χ2n) is 8.48. The van der Waals surface area contributed by atoms with Gasteiger partial charge in [-0.25, -0.2) is 4.90 Å². The quantitative estimate of drug-likeness (QED) is 0.353. The second-order valence-corrected chi connectivity index (χ2v) is 8.48. The van der Waals surface area contributed by atoms with E-state index in [1.165, 1.54) is 29.2 Å². The van der Waals surface area contributed by atoms with E-state index in [1.807, 2.05) is 11.8 Å². The van der Waals surface area contributed by atoms with Gasteiger partial charge in [-0.15, -0.1) is 0 Å². The zero-order chi connectivity index (χ0) is 23.5. The highest BCUT2D eigenvalue weighted by Crippen LogP contribution is 2.40. The molecule has 2 aromatic rings. The van der Waals surface area contributed by atoms with E-state index in [4.69, 9.17) is 4.74 Å². The van der Waals surface area contributed by atoms with Crippen molar-refractivity contribution in [2.45, 2.75) is 33.1 Å². The van der Waals surface area contributed by atoms with Gasteiger partial charge in [0, 0.05) is 25.2 Å². The monoisotopic (exact) mass is 449 g/mol. The van der Waals surface area contributed by atoms with Crippen LogP contribution in [-0.2, 0) is 9.59 Å². The Hall–Kier alpha value is -3.68. The minimum atomic E-state index is -0.485. The number of amides is 2. The van der Waals surface area contributed by atoms with E-state index in [-0.39, 0.29) is 11.3 Å². The van der Waals surface area contributed by atoms with Crippen LogP contribution in [0, 0.1) is 16.0 Å². The molecule has 0 radical (unpaired) electrons. The van der Waals surface area contributed by atoms with Crippen molar-refractivity contribution in [3.63, 3.8) is 0 Å². The van der Waals surface area contributed by atoms with Crippen LogP contribution in [0.5, 0.6) is 5.75 Å². The zero-order valence-corrected chi connectivity index (χ0v) is 18.8. The maximum Gasteiger partial charge on any atom is 0.282 e. The van der Waals surface area contributed by atoms with Gasteiger partial charge in [0.2, 0.25) is 0 Å². The van der Waals surface area contributed by atoms with Crippen LogP contribution >= 0.6 is 0 Å². The lowest BCUT2D eigenvalue weighted by molar-refractivity contribution is -0.384. The first-order chi connectivity index (χ1) is 15.9. The van der Waals surface area contributed by atoms with Crippen molar-refractivity contribution < 1.29 is 19.2 Å². The fraction of sp³-hybridized carbons (Fsp3) is 0.360. The van der Waals surface area contributed by atoms with Crippen LogP contribution in [0.4, 0.5) is 11.4 Å². The number of likely N-dealkylation sites (tertiary alicyclic amines) is 1. The maximum absolute atomic E-state index is 13.7. The third kappa shape index (κ3) is 4.33. The Morgan fingerprint density at radius 3 is 2.48 bits per heavy atom. The van der Waals surface area contributed by atoms with Crippen molar-refractivity contribution in [3.05, 3.63) is 69.9 Å². The number of rotatable bonds is 7. The Morgan fingerprint density at radius 1 is 1.09 bits per heavy atom. The molecule has 2 heterocycles. The predicted octanol–water partition coefficient (Wildman–Crippen LogP) is 4.40. The first-order valence-electron chi connectivity index (χ1n) is 11.3. The number of anilines is 1. The molecule has 2 aliphatic heterocycles. The SMILES string of the molecule is CCCOc1ccccc1N1C(=O)C(c2ccc([N+](=O)[O-])cc2)=C(N2CCCC(C)C2)C1=O. The first kappa shape index (κ1) is 22.5. The Morgan fingerprint density at radius 2 is 1.82 bits per heavy atom. The highest BCUT2D eigenvalue weighted by Gasteiger charge is 2.44. The van der Waals surface area contributed by atoms with Crippen LogP contribution in [0.3, 0.4) is 0 Å². The Bertz CT molecular complexity index is 1110. The summed E-state index contributed by atoms with van der Waals surface area (Å²) in [6, 6.07) is 12.8. The average molecular weight is 450 g/mol. The summed E-state index contributed by atoms with van der Waals surface area (Å²) in [6.45, 7) is 5.93. The number of para-hydroxylation sites is 2. The molecule has 1 unspecified atom stereocenters. The van der Waals surface area contributed by atoms with E-state index in [1.54, 1.807) is 24.3 Å². The van der Waals surface area contributed by atoms with E-state index in [0.717, 1.165) is 19.3 Å². The van der Waals surface area contributed by atoms with E-state index in [9.17, 15) is 19.7 Å². The lowest BCUT2D eigenvalue weighted by Gasteiger charge is -2.33. The summed E-state index contributed by atoms with van der Waals surface area (Å²) in [5, 5.41) is 11.1. The molecule has 0 spiro atoms. The number of hydrogen-bond donors (Lipinski definition) is 0. The summed E-state index contributed by atoms with van der Waals surface area (Å²) in [6.07, 6.45) is 2.78. The van der Waals surface area contributed by atoms with Crippen LogP contribution in [-0.4, -0.2) is 41.3 Å². The van der Waals surface area contributed by atoms with Gasteiger partial charge < -0.3 is 9.64 Å². The van der Waals surface area contributed by atoms with Crippen molar-refractivity contribution in [2.75, 3.05) is 24.6 Å². The Balaban J connectivity index is 1.81. The molecule has 2 aliphatic rings. The van der Waals surface area contributed by atoms with Crippen LogP contribution in [0.1, 0.15) is 38.7 Å². The number of nitro groups is 1. The second kappa shape index (κ2) is 9.44. The number of imide groups is 1. The van der Waals surface area contributed by atoms with E-state index in [0.29, 0.717) is 48.3 Å². The van der Waals surface area contributed by atoms with E-state index in [2.05, 4.69) is 6.92 Å². The molecular formula is C25H27N3O5. The van der Waals surface area contributed by atoms with Crippen molar-refractivity contribution in [1.29, 1.82) is 0 Å². The minimum absolute atomic E-state index is 0.0700. The zero-order valence-electron chi connectivity index (χ0n) is 18.8. The lowest BCUT2D eigenvalue weighted by atomic mass is 9.97. The molecule has 8 nitrogen and oxygen atoms in total. The van der Waals surface area contributed by atoms with Crippen LogP contribution in [0.25, 0.3) is 5.57 Å². The summed E-state index contributed by atoms with van der Waals surface area (Å²) >= 11 is 0. The number of nitro benzene ring substituents is 1. The normalized spacial score (nSPS) is 18.8. The summed E-state index contributed by atoms with van der Waals surface area (Å²) < 4.78 is 5.82. The number of ether oxygens (including phenoxy) is 1. The first-order valence-corrected chi connectivity index (χ1v) is 11.3. The molecule has 2 amide bonds. The Labute approximate surface area is 192 Å². The van der Waals surface area contributed by atoms with Gasteiger partial charge in [-0.2, -0.15) is 0 Å². The van der Waals surface area contributed by atoms with Crippen molar-refractivity contribution >= 4 is 28.8 Å². The number of carbonyl (C=O) groups is 2. The van der Waals surface area contributed by atoms with Crippen LogP contribution in [0.15, 0.2) is 54.2 Å². The molecule has 2 aromatic carbocycles. The van der Waals surface area contributed by atoms with Crippen LogP contribution < -0.4 is 9.64 Å². The molecule has 0 saturated carbocycles. The molecule has 0 N–H and O–H groups in total. The highest BCUT2D eigenvalue weighted by molar-refractivity contribution is 6.45. The average Bonchev–Trinajstić information content (AvgIpc) is 3.07. The van der Waals surface area contributed by atoms with Gasteiger partial charge in [0.25, 0.3) is 17.5 Å². The fourth-order valence-electron chi connectivity index (χ4n) is 4.41. The molecular weight excluding hydrogens is 422 g/mol. The largest absolute Gasteiger partial charge is 0.491 e. The number of hydrogen-bond acceptors (Lipinski definition) is 6. The van der Waals surface area contributed by atoms with E-state index < -0.39 is 16.7 Å². The number of nitrogens with zero attached hydrogens (tertiary/aromatic N) is 3. The van der Waals surface area contributed by atoms with Gasteiger partial charge in [0.05, 0.1) is 22.8 Å². The summed E-state index contributed by atoms with van der Waals surface area (Å²) in [4.78, 5) is 41.3. The standard InChI is InChI=1S/C25H27N3O5/c1-3-15-33-21-9-5-4-8-20(21)27-24(29)22(18-10-12-19(13-11-18)28(31)32)23(25(27)30)26-14-6-7-17(2)16-26/h4-5,8-13,17H,3,6-7,14-16H2,1-2H3. The van der Waals surface area contributed by atoms with Gasteiger partial charge >= 0.3 is 0 Å². The molecule has 8 heteroatoms. The number of carbonyl (C=O) groups excluding carboxylic acids is 2. The molecule has 0 aromatic heterocycles. The molecule has 1 saturated heterocycles. The van der Waals surface area contributed by atoms with Gasteiger partial charge in [-0.3, -0.25) is 19.7 Å². The minimum Gasteiger partial charge on any atom is -0.491 e. The number of piperidine rings is 1. The van der Waals surface area contributed by atoms with Gasteiger partial charge in [-0.1, -0.05) is 26.0 Å². The van der Waals surface area contributed by atoms with Crippen molar-refractivity contribution in [2.24, 2.45) is 5.92 Å². The molecule has 4 rings (SSSR count). The summed E-state index contributed by atoms with van der Waals surface area (Å²) in [7, 11) is 0. The van der Waals surface area contributed by atoms with Crippen molar-refractivity contribution in [3.8, 4) is 5.75 Å². The molecule has 0 aliphatic carbocycles. The molecule has 0 bridgehead atoms. The maximum atomic E-state index is 13.7. The molecule has 33 heavy (non-hydrogen) atoms. The Kier molecular flexibility index (Phi) is 6.44. The lowest BCUT2D eigenvalue weighted by Crippen LogP contribution is -2.39. The molecule has 1 atom stereocenters. The smallest absolute Gasteiger partial charge is 0.282 e. The number of benzene rings is 2. The summed E-state index contributed by atoms with van der Waals surface area (Å²) in [5.41, 5.74) is 1.45. The van der Waals surface area contributed by atoms with E-state index >= 15 is 0 Å². The third-order valence-electron chi connectivity index (χ3n) is 5.97. The van der Waals surface area contributed by atoms with Gasteiger partial charge in [0.15, 0.2) is 0 Å². The number of non-ortho nitro benzene ring substituents is 1. The van der Waals surface area contributed by atoms with Gasteiger partial charge in [0.1, 0.15) is 11.4 Å². The predicted molar refractivity (Wildman–Crippen MR) is 125 cm³/mol. The highest BCUT2D eigenvalue weighted by atomic mass is 16.6. The molecule has 172 valence electrons. The third-order valence-corrected chi connectivity index (χ3v) is 5.97. The van der Waals surface area contributed by atoms with Crippen LogP contribution in [0.2, 0.25) is 0 Å². The molecule has 1 fully saturated rings. The summed E-state index contributed by atoms with van der Waals surface area (Å²) in [5.74, 6) is 0.0171. The topological polar surface area (TPSA) is 93.0 Å². The van der Waals surface area contributed by atoms with Crippen molar-refractivity contribution in [1.82, 2.24) is 4.90 Å². The van der Waals surface area contributed by atoms with Gasteiger partial charge in [-0.05, 0) is 55.0 Å².